The molecule has 0 fully saturated rings. The zero-order valence-electron chi connectivity index (χ0n) is 9.97. The molecule has 0 aromatic heterocycles. The molecule has 0 aliphatic heterocycles. The molecule has 17 heavy (non-hydrogen) atoms. The summed E-state index contributed by atoms with van der Waals surface area (Å²) in [5.41, 5.74) is 1.13. The van der Waals surface area contributed by atoms with Crippen LogP contribution >= 0.6 is 0 Å². The summed E-state index contributed by atoms with van der Waals surface area (Å²) in [5.74, 6) is -0.344. The Balaban J connectivity index is 2.62. The van der Waals surface area contributed by atoms with E-state index in [-0.39, 0.29) is 18.5 Å². The van der Waals surface area contributed by atoms with Gasteiger partial charge < -0.3 is 4.74 Å². The zero-order chi connectivity index (χ0) is 12.5. The van der Waals surface area contributed by atoms with Gasteiger partial charge in [-0.1, -0.05) is 49.1 Å². The second-order valence-electron chi connectivity index (χ2n) is 3.83. The van der Waals surface area contributed by atoms with E-state index >= 15 is 0 Å². The third kappa shape index (κ3) is 4.68. The van der Waals surface area contributed by atoms with Gasteiger partial charge in [-0.2, -0.15) is 0 Å². The predicted octanol–water partition coefficient (Wildman–Crippen LogP) is 3.15. The average molecular weight is 230 g/mol. The van der Waals surface area contributed by atoms with Gasteiger partial charge in [-0.3, -0.25) is 4.79 Å². The van der Waals surface area contributed by atoms with Gasteiger partial charge in [0.05, 0.1) is 5.92 Å². The van der Waals surface area contributed by atoms with Gasteiger partial charge in [-0.15, -0.1) is 6.58 Å². The molecule has 1 aromatic carbocycles. The summed E-state index contributed by atoms with van der Waals surface area (Å²) in [5, 5.41) is 0. The number of carbonyl (C=O) groups is 1. The minimum Gasteiger partial charge on any atom is -0.461 e. The lowest BCUT2D eigenvalue weighted by Gasteiger charge is -2.13. The summed E-state index contributed by atoms with van der Waals surface area (Å²) in [6, 6.07) is 9.92. The van der Waals surface area contributed by atoms with Gasteiger partial charge in [-0.05, 0) is 18.4 Å². The van der Waals surface area contributed by atoms with Crippen LogP contribution in [0.5, 0.6) is 0 Å². The summed E-state index contributed by atoms with van der Waals surface area (Å²) >= 11 is 0. The van der Waals surface area contributed by atoms with Crippen molar-refractivity contribution in [2.45, 2.75) is 12.8 Å². The molecule has 0 aliphatic carbocycles. The Morgan fingerprint density at radius 1 is 1.24 bits per heavy atom. The molecule has 1 atom stereocenters. The summed E-state index contributed by atoms with van der Waals surface area (Å²) in [7, 11) is 0. The molecule has 0 heterocycles. The topological polar surface area (TPSA) is 26.3 Å². The Labute approximate surface area is 103 Å². The molecule has 0 amide bonds. The van der Waals surface area contributed by atoms with E-state index in [1.807, 2.05) is 30.3 Å². The van der Waals surface area contributed by atoms with Crippen molar-refractivity contribution in [2.24, 2.45) is 5.92 Å². The lowest BCUT2D eigenvalue weighted by molar-refractivity contribution is -0.147. The van der Waals surface area contributed by atoms with Gasteiger partial charge in [0.15, 0.2) is 0 Å². The van der Waals surface area contributed by atoms with Crippen LogP contribution in [0.4, 0.5) is 0 Å². The maximum absolute atomic E-state index is 11.8. The van der Waals surface area contributed by atoms with Crippen LogP contribution in [0.2, 0.25) is 0 Å². The van der Waals surface area contributed by atoms with E-state index in [9.17, 15) is 4.79 Å². The van der Waals surface area contributed by atoms with Gasteiger partial charge in [0.1, 0.15) is 6.61 Å². The monoisotopic (exact) mass is 230 g/mol. The molecule has 0 bridgehead atoms. The average Bonchev–Trinajstić information content (AvgIpc) is 2.36. The van der Waals surface area contributed by atoms with Gasteiger partial charge in [0.25, 0.3) is 0 Å². The van der Waals surface area contributed by atoms with Crippen molar-refractivity contribution in [1.82, 2.24) is 0 Å². The smallest absolute Gasteiger partial charge is 0.309 e. The molecule has 0 aliphatic rings. The number of esters is 1. The lowest BCUT2D eigenvalue weighted by Crippen LogP contribution is -2.19. The molecular formula is C15H18O2. The molecule has 2 heteroatoms. The van der Waals surface area contributed by atoms with Crippen molar-refractivity contribution in [2.75, 3.05) is 6.61 Å². The van der Waals surface area contributed by atoms with E-state index in [0.717, 1.165) is 5.56 Å². The van der Waals surface area contributed by atoms with Crippen LogP contribution in [0.3, 0.4) is 0 Å². The van der Waals surface area contributed by atoms with Crippen LogP contribution in [0.1, 0.15) is 12.0 Å². The number of benzene rings is 1. The Morgan fingerprint density at radius 2 is 1.94 bits per heavy atom. The molecular weight excluding hydrogens is 212 g/mol. The highest BCUT2D eigenvalue weighted by molar-refractivity contribution is 5.73. The van der Waals surface area contributed by atoms with Crippen LogP contribution in [-0.4, -0.2) is 12.6 Å². The fraction of sp³-hybridized carbons (Fsp3) is 0.267. The predicted molar refractivity (Wildman–Crippen MR) is 69.6 cm³/mol. The first kappa shape index (κ1) is 13.2. The number of hydrogen-bond acceptors (Lipinski definition) is 2. The molecule has 0 saturated heterocycles. The minimum absolute atomic E-state index is 0.158. The Hall–Kier alpha value is -1.83. The normalized spacial score (nSPS) is 11.5. The lowest BCUT2D eigenvalue weighted by atomic mass is 9.96. The molecule has 90 valence electrons. The second-order valence-corrected chi connectivity index (χ2v) is 3.83. The first-order valence-corrected chi connectivity index (χ1v) is 5.70. The molecule has 0 radical (unpaired) electrons. The summed E-state index contributed by atoms with van der Waals surface area (Å²) < 4.78 is 5.07. The highest BCUT2D eigenvalue weighted by Gasteiger charge is 2.18. The Morgan fingerprint density at radius 3 is 2.53 bits per heavy atom. The molecule has 1 unspecified atom stereocenters. The first-order chi connectivity index (χ1) is 8.27. The number of hydrogen-bond donors (Lipinski definition) is 0. The maximum atomic E-state index is 11.8. The van der Waals surface area contributed by atoms with Crippen molar-refractivity contribution >= 4 is 5.97 Å². The molecule has 0 spiro atoms. The van der Waals surface area contributed by atoms with E-state index in [2.05, 4.69) is 13.2 Å². The Bertz CT molecular complexity index is 368. The largest absolute Gasteiger partial charge is 0.461 e. The fourth-order valence-electron chi connectivity index (χ4n) is 1.62. The molecule has 2 nitrogen and oxygen atoms in total. The third-order valence-corrected chi connectivity index (χ3v) is 2.45. The summed E-state index contributed by atoms with van der Waals surface area (Å²) in [6.45, 7) is 7.47. The standard InChI is InChI=1S/C15H18O2/c1-3-8-14(15(16)17-11-4-2)12-13-9-6-5-7-10-13/h3-7,9-10,14H,1-2,8,11-12H2. The van der Waals surface area contributed by atoms with Gasteiger partial charge >= 0.3 is 5.97 Å². The van der Waals surface area contributed by atoms with Crippen LogP contribution in [0, 0.1) is 5.92 Å². The molecule has 1 aromatic rings. The highest BCUT2D eigenvalue weighted by Crippen LogP contribution is 2.14. The van der Waals surface area contributed by atoms with Crippen LogP contribution in [-0.2, 0) is 16.0 Å². The van der Waals surface area contributed by atoms with Gasteiger partial charge in [-0.25, -0.2) is 0 Å². The van der Waals surface area contributed by atoms with Crippen LogP contribution < -0.4 is 0 Å². The summed E-state index contributed by atoms with van der Waals surface area (Å²) in [4.78, 5) is 11.8. The quantitative estimate of drug-likeness (QED) is 0.531. The third-order valence-electron chi connectivity index (χ3n) is 2.45. The number of rotatable bonds is 7. The van der Waals surface area contributed by atoms with Gasteiger partial charge in [0.2, 0.25) is 0 Å². The van der Waals surface area contributed by atoms with E-state index in [0.29, 0.717) is 12.8 Å². The van der Waals surface area contributed by atoms with E-state index < -0.39 is 0 Å². The van der Waals surface area contributed by atoms with Crippen LogP contribution in [0.25, 0.3) is 0 Å². The van der Waals surface area contributed by atoms with E-state index in [1.54, 1.807) is 12.2 Å². The fourth-order valence-corrected chi connectivity index (χ4v) is 1.62. The second kappa shape index (κ2) is 7.44. The van der Waals surface area contributed by atoms with Crippen molar-refractivity contribution in [3.63, 3.8) is 0 Å². The minimum atomic E-state index is -0.186. The SMILES string of the molecule is C=CCOC(=O)C(CC=C)Cc1ccccc1. The van der Waals surface area contributed by atoms with Crippen LogP contribution in [0.15, 0.2) is 55.6 Å². The van der Waals surface area contributed by atoms with Crippen molar-refractivity contribution in [1.29, 1.82) is 0 Å². The first-order valence-electron chi connectivity index (χ1n) is 5.70. The Kier molecular flexibility index (Phi) is 5.80. The van der Waals surface area contributed by atoms with Crippen molar-refractivity contribution < 1.29 is 9.53 Å². The number of allylic oxidation sites excluding steroid dienone is 1. The number of ether oxygens (including phenoxy) is 1. The van der Waals surface area contributed by atoms with Crippen molar-refractivity contribution in [3.05, 3.63) is 61.2 Å². The molecule has 1 rings (SSSR count). The van der Waals surface area contributed by atoms with Gasteiger partial charge in [0, 0.05) is 0 Å². The van der Waals surface area contributed by atoms with E-state index in [1.165, 1.54) is 0 Å². The number of carbonyl (C=O) groups excluding carboxylic acids is 1. The van der Waals surface area contributed by atoms with Crippen molar-refractivity contribution in [3.8, 4) is 0 Å². The molecule has 0 saturated carbocycles. The zero-order valence-corrected chi connectivity index (χ0v) is 9.97. The maximum Gasteiger partial charge on any atom is 0.309 e. The summed E-state index contributed by atoms with van der Waals surface area (Å²) in [6.07, 6.45) is 4.64. The molecule has 0 N–H and O–H groups in total. The van der Waals surface area contributed by atoms with E-state index in [4.69, 9.17) is 4.74 Å². The highest BCUT2D eigenvalue weighted by atomic mass is 16.5.